The van der Waals surface area contributed by atoms with Crippen LogP contribution in [0.15, 0.2) is 42.5 Å². The molecule has 1 N–H and O–H groups in total. The van der Waals surface area contributed by atoms with E-state index in [9.17, 15) is 4.79 Å². The highest BCUT2D eigenvalue weighted by molar-refractivity contribution is 5.76. The topological polar surface area (TPSA) is 50.8 Å². The SMILES string of the molecule is COc1ccc(OC)c(CCC(=O)NCc2ccc(CN(C)C)cc2)c1. The van der Waals surface area contributed by atoms with E-state index >= 15 is 0 Å². The van der Waals surface area contributed by atoms with E-state index < -0.39 is 0 Å². The monoisotopic (exact) mass is 356 g/mol. The fraction of sp³-hybridized carbons (Fsp3) is 0.381. The Morgan fingerprint density at radius 3 is 2.31 bits per heavy atom. The number of carbonyl (C=O) groups excluding carboxylic acids is 1. The molecular weight excluding hydrogens is 328 g/mol. The third-order valence-corrected chi connectivity index (χ3v) is 4.12. The molecule has 0 aliphatic rings. The maximum absolute atomic E-state index is 12.2. The van der Waals surface area contributed by atoms with E-state index in [0.717, 1.165) is 29.2 Å². The lowest BCUT2D eigenvalue weighted by Gasteiger charge is -2.11. The van der Waals surface area contributed by atoms with Gasteiger partial charge in [0.2, 0.25) is 5.91 Å². The Kier molecular flexibility index (Phi) is 7.48. The molecule has 0 radical (unpaired) electrons. The Labute approximate surface area is 155 Å². The summed E-state index contributed by atoms with van der Waals surface area (Å²) in [5.41, 5.74) is 3.32. The number of methoxy groups -OCH3 is 2. The highest BCUT2D eigenvalue weighted by Crippen LogP contribution is 2.25. The Morgan fingerprint density at radius 1 is 1.00 bits per heavy atom. The number of benzene rings is 2. The summed E-state index contributed by atoms with van der Waals surface area (Å²) in [5.74, 6) is 1.56. The van der Waals surface area contributed by atoms with Gasteiger partial charge in [0, 0.05) is 19.5 Å². The molecule has 1 amide bonds. The minimum atomic E-state index is 0.0206. The highest BCUT2D eigenvalue weighted by Gasteiger charge is 2.08. The first-order valence-electron chi connectivity index (χ1n) is 8.72. The van der Waals surface area contributed by atoms with Crippen molar-refractivity contribution in [2.75, 3.05) is 28.3 Å². The van der Waals surface area contributed by atoms with Crippen molar-refractivity contribution in [2.45, 2.75) is 25.9 Å². The van der Waals surface area contributed by atoms with E-state index in [-0.39, 0.29) is 5.91 Å². The number of ether oxygens (including phenoxy) is 2. The molecule has 2 aromatic rings. The summed E-state index contributed by atoms with van der Waals surface area (Å²) in [6.45, 7) is 1.45. The zero-order valence-electron chi connectivity index (χ0n) is 16.0. The van der Waals surface area contributed by atoms with Crippen LogP contribution in [-0.4, -0.2) is 39.1 Å². The molecule has 5 heteroatoms. The molecule has 5 nitrogen and oxygen atoms in total. The van der Waals surface area contributed by atoms with E-state index in [0.29, 0.717) is 19.4 Å². The lowest BCUT2D eigenvalue weighted by molar-refractivity contribution is -0.121. The number of carbonyl (C=O) groups is 1. The van der Waals surface area contributed by atoms with Gasteiger partial charge in [-0.3, -0.25) is 4.79 Å². The average Bonchev–Trinajstić information content (AvgIpc) is 2.65. The lowest BCUT2D eigenvalue weighted by atomic mass is 10.1. The van der Waals surface area contributed by atoms with Crippen molar-refractivity contribution in [2.24, 2.45) is 0 Å². The summed E-state index contributed by atoms with van der Waals surface area (Å²) >= 11 is 0. The maximum Gasteiger partial charge on any atom is 0.220 e. The number of amides is 1. The fourth-order valence-electron chi connectivity index (χ4n) is 2.74. The normalized spacial score (nSPS) is 10.7. The summed E-state index contributed by atoms with van der Waals surface area (Å²) in [6.07, 6.45) is 1.01. The zero-order chi connectivity index (χ0) is 18.9. The van der Waals surface area contributed by atoms with Gasteiger partial charge in [0.05, 0.1) is 14.2 Å². The predicted molar refractivity (Wildman–Crippen MR) is 104 cm³/mol. The van der Waals surface area contributed by atoms with Crippen molar-refractivity contribution in [1.82, 2.24) is 10.2 Å². The molecule has 0 spiro atoms. The van der Waals surface area contributed by atoms with Gasteiger partial charge < -0.3 is 19.7 Å². The van der Waals surface area contributed by atoms with E-state index in [1.165, 1.54) is 5.56 Å². The number of hydrogen-bond donors (Lipinski definition) is 1. The number of hydrogen-bond acceptors (Lipinski definition) is 4. The molecule has 2 rings (SSSR count). The first-order valence-corrected chi connectivity index (χ1v) is 8.72. The number of nitrogens with one attached hydrogen (secondary N) is 1. The van der Waals surface area contributed by atoms with Gasteiger partial charge in [-0.05, 0) is 55.4 Å². The number of aryl methyl sites for hydroxylation is 1. The predicted octanol–water partition coefficient (Wildman–Crippen LogP) is 3.01. The quantitative estimate of drug-likeness (QED) is 0.750. The molecule has 26 heavy (non-hydrogen) atoms. The molecule has 0 heterocycles. The summed E-state index contributed by atoms with van der Waals surface area (Å²) < 4.78 is 10.6. The van der Waals surface area contributed by atoms with Crippen molar-refractivity contribution in [3.8, 4) is 11.5 Å². The van der Waals surface area contributed by atoms with E-state index in [1.807, 2.05) is 32.3 Å². The van der Waals surface area contributed by atoms with Crippen molar-refractivity contribution in [3.63, 3.8) is 0 Å². The Hall–Kier alpha value is -2.53. The first-order chi connectivity index (χ1) is 12.5. The second kappa shape index (κ2) is 9.82. The average molecular weight is 356 g/mol. The van der Waals surface area contributed by atoms with Crippen LogP contribution in [0.4, 0.5) is 0 Å². The minimum absolute atomic E-state index is 0.0206. The van der Waals surface area contributed by atoms with Crippen LogP contribution in [0.1, 0.15) is 23.1 Å². The van der Waals surface area contributed by atoms with Gasteiger partial charge in [0.15, 0.2) is 0 Å². The van der Waals surface area contributed by atoms with Crippen molar-refractivity contribution >= 4 is 5.91 Å². The third-order valence-electron chi connectivity index (χ3n) is 4.12. The van der Waals surface area contributed by atoms with Gasteiger partial charge in [0.25, 0.3) is 0 Å². The van der Waals surface area contributed by atoms with E-state index in [4.69, 9.17) is 9.47 Å². The lowest BCUT2D eigenvalue weighted by Crippen LogP contribution is -2.23. The Morgan fingerprint density at radius 2 is 1.69 bits per heavy atom. The molecule has 140 valence electrons. The first kappa shape index (κ1) is 19.8. The van der Waals surface area contributed by atoms with E-state index in [1.54, 1.807) is 14.2 Å². The van der Waals surface area contributed by atoms with E-state index in [2.05, 4.69) is 34.5 Å². The van der Waals surface area contributed by atoms with Crippen LogP contribution in [0, 0.1) is 0 Å². The molecule has 0 unspecified atom stereocenters. The second-order valence-electron chi connectivity index (χ2n) is 6.51. The smallest absolute Gasteiger partial charge is 0.220 e. The van der Waals surface area contributed by atoms with Crippen LogP contribution in [-0.2, 0) is 24.3 Å². The van der Waals surface area contributed by atoms with Crippen molar-refractivity contribution in [3.05, 3.63) is 59.2 Å². The molecule has 0 atom stereocenters. The van der Waals surface area contributed by atoms with Gasteiger partial charge in [-0.25, -0.2) is 0 Å². The molecule has 0 saturated carbocycles. The Balaban J connectivity index is 1.84. The molecular formula is C21H28N2O3. The van der Waals surface area contributed by atoms with Crippen LogP contribution in [0.3, 0.4) is 0 Å². The summed E-state index contributed by atoms with van der Waals surface area (Å²) in [6, 6.07) is 13.9. The van der Waals surface area contributed by atoms with Crippen LogP contribution in [0.25, 0.3) is 0 Å². The van der Waals surface area contributed by atoms with Gasteiger partial charge in [0.1, 0.15) is 11.5 Å². The third kappa shape index (κ3) is 6.08. The van der Waals surface area contributed by atoms with Crippen LogP contribution in [0.5, 0.6) is 11.5 Å². The molecule has 0 aliphatic heterocycles. The second-order valence-corrected chi connectivity index (χ2v) is 6.51. The molecule has 0 aliphatic carbocycles. The van der Waals surface area contributed by atoms with Gasteiger partial charge in [-0.15, -0.1) is 0 Å². The Bertz CT molecular complexity index is 712. The van der Waals surface area contributed by atoms with Gasteiger partial charge in [-0.2, -0.15) is 0 Å². The number of nitrogens with zero attached hydrogens (tertiary/aromatic N) is 1. The molecule has 0 saturated heterocycles. The molecule has 0 fully saturated rings. The minimum Gasteiger partial charge on any atom is -0.497 e. The highest BCUT2D eigenvalue weighted by atomic mass is 16.5. The van der Waals surface area contributed by atoms with Crippen molar-refractivity contribution in [1.29, 1.82) is 0 Å². The largest absolute Gasteiger partial charge is 0.497 e. The summed E-state index contributed by atoms with van der Waals surface area (Å²) in [7, 11) is 7.35. The van der Waals surface area contributed by atoms with Crippen LogP contribution >= 0.6 is 0 Å². The summed E-state index contributed by atoms with van der Waals surface area (Å²) in [4.78, 5) is 14.3. The zero-order valence-corrected chi connectivity index (χ0v) is 16.0. The summed E-state index contributed by atoms with van der Waals surface area (Å²) in [5, 5.41) is 2.97. The van der Waals surface area contributed by atoms with Crippen LogP contribution in [0.2, 0.25) is 0 Å². The molecule has 0 aromatic heterocycles. The van der Waals surface area contributed by atoms with Crippen molar-refractivity contribution < 1.29 is 14.3 Å². The molecule has 2 aromatic carbocycles. The standard InChI is InChI=1S/C21H28N2O3/c1-23(2)15-17-7-5-16(6-8-17)14-22-21(24)12-9-18-13-19(25-3)10-11-20(18)26-4/h5-8,10-11,13H,9,12,14-15H2,1-4H3,(H,22,24). The van der Waals surface area contributed by atoms with Gasteiger partial charge >= 0.3 is 0 Å². The maximum atomic E-state index is 12.2. The fourth-order valence-corrected chi connectivity index (χ4v) is 2.74. The molecule has 0 bridgehead atoms. The van der Waals surface area contributed by atoms with Crippen LogP contribution < -0.4 is 14.8 Å². The van der Waals surface area contributed by atoms with Gasteiger partial charge in [-0.1, -0.05) is 24.3 Å². The number of rotatable bonds is 9.